The number of ketones is 1. The molecule has 6 unspecified atom stereocenters. The number of hydrogen-bond acceptors (Lipinski definition) is 9. The molecule has 1 aromatic rings. The van der Waals surface area contributed by atoms with Crippen LogP contribution in [0.3, 0.4) is 0 Å². The number of ether oxygens (including phenoxy) is 2. The second-order valence-corrected chi connectivity index (χ2v) is 11.6. The molecule has 4 rings (SSSR count). The van der Waals surface area contributed by atoms with E-state index >= 15 is 0 Å². The number of carbonyl (C=O) groups excluding carboxylic acids is 2. The van der Waals surface area contributed by atoms with Crippen LogP contribution >= 0.6 is 0 Å². The van der Waals surface area contributed by atoms with E-state index in [-0.39, 0.29) is 38.0 Å². The summed E-state index contributed by atoms with van der Waals surface area (Å²) in [4.78, 5) is 27.3. The largest absolute Gasteiger partial charge is 0.458 e. The van der Waals surface area contributed by atoms with Gasteiger partial charge in [-0.3, -0.25) is 4.79 Å². The molecule has 204 valence electrons. The Labute approximate surface area is 216 Å². The van der Waals surface area contributed by atoms with Crippen LogP contribution < -0.4 is 0 Å². The highest BCUT2D eigenvalue weighted by Crippen LogP contribution is 2.58. The first kappa shape index (κ1) is 27.9. The Morgan fingerprint density at radius 3 is 2.41 bits per heavy atom. The Balaban J connectivity index is 1.88. The first-order valence-corrected chi connectivity index (χ1v) is 12.8. The zero-order valence-corrected chi connectivity index (χ0v) is 21.8. The molecule has 1 saturated heterocycles. The van der Waals surface area contributed by atoms with Gasteiger partial charge in [-0.15, -0.1) is 0 Å². The maximum Gasteiger partial charge on any atom is 0.338 e. The van der Waals surface area contributed by atoms with Crippen LogP contribution in [0, 0.1) is 16.7 Å². The van der Waals surface area contributed by atoms with Crippen LogP contribution in [0.1, 0.15) is 57.3 Å². The van der Waals surface area contributed by atoms with Gasteiger partial charge >= 0.3 is 5.97 Å². The lowest BCUT2D eigenvalue weighted by atomic mass is 9.49. The fourth-order valence-corrected chi connectivity index (χ4v) is 6.82. The van der Waals surface area contributed by atoms with Crippen molar-refractivity contribution in [1.82, 2.24) is 0 Å². The lowest BCUT2D eigenvalue weighted by Gasteiger charge is -2.63. The fraction of sp³-hybridized carbons (Fsp3) is 0.643. The van der Waals surface area contributed by atoms with Crippen LogP contribution in [0.25, 0.3) is 0 Å². The van der Waals surface area contributed by atoms with Gasteiger partial charge in [-0.05, 0) is 49.0 Å². The van der Waals surface area contributed by atoms with Crippen molar-refractivity contribution in [3.8, 4) is 0 Å². The summed E-state index contributed by atoms with van der Waals surface area (Å²) in [5, 5.41) is 54.5. The Morgan fingerprint density at radius 1 is 1.19 bits per heavy atom. The normalized spacial score (nSPS) is 39.3. The predicted octanol–water partition coefficient (Wildman–Crippen LogP) is 1.15. The van der Waals surface area contributed by atoms with Crippen LogP contribution in [0.2, 0.25) is 0 Å². The second-order valence-electron chi connectivity index (χ2n) is 11.6. The molecular formula is C28H38O9. The second kappa shape index (κ2) is 9.87. The highest BCUT2D eigenvalue weighted by molar-refractivity contribution is 5.93. The van der Waals surface area contributed by atoms with Crippen molar-refractivity contribution >= 4 is 11.8 Å². The van der Waals surface area contributed by atoms with Crippen molar-refractivity contribution in [2.45, 2.75) is 83.1 Å². The third-order valence-corrected chi connectivity index (χ3v) is 8.85. The zero-order chi connectivity index (χ0) is 27.3. The van der Waals surface area contributed by atoms with E-state index in [0.717, 1.165) is 0 Å². The van der Waals surface area contributed by atoms with E-state index in [4.69, 9.17) is 9.47 Å². The van der Waals surface area contributed by atoms with Gasteiger partial charge in [-0.25, -0.2) is 4.79 Å². The van der Waals surface area contributed by atoms with Gasteiger partial charge in [0.2, 0.25) is 0 Å². The first-order chi connectivity index (χ1) is 17.3. The Morgan fingerprint density at radius 2 is 1.84 bits per heavy atom. The van der Waals surface area contributed by atoms with Crippen LogP contribution in [-0.4, -0.2) is 86.6 Å². The maximum atomic E-state index is 14.1. The van der Waals surface area contributed by atoms with Crippen LogP contribution in [0.15, 0.2) is 41.5 Å². The number of aliphatic hydroxyl groups is 5. The SMILES string of the molecule is C/C(=C1\C(O)C(=O)[C@]2(C)C(O)CC3OC[C@@]3(O)C2C(OC(=O)c2ccccc2)CC1(C)C)C(O)CCO. The summed E-state index contributed by atoms with van der Waals surface area (Å²) in [5.41, 5.74) is -3.31. The molecule has 0 amide bonds. The van der Waals surface area contributed by atoms with Gasteiger partial charge in [0, 0.05) is 25.4 Å². The summed E-state index contributed by atoms with van der Waals surface area (Å²) in [6.07, 6.45) is -5.76. The summed E-state index contributed by atoms with van der Waals surface area (Å²) < 4.78 is 11.6. The average Bonchev–Trinajstić information content (AvgIpc) is 2.84. The van der Waals surface area contributed by atoms with Gasteiger partial charge in [-0.2, -0.15) is 0 Å². The number of benzene rings is 1. The van der Waals surface area contributed by atoms with E-state index in [2.05, 4.69) is 0 Å². The van der Waals surface area contributed by atoms with Crippen LogP contribution in [0.4, 0.5) is 0 Å². The molecule has 0 aromatic heterocycles. The van der Waals surface area contributed by atoms with Gasteiger partial charge in [0.25, 0.3) is 0 Å². The molecule has 0 bridgehead atoms. The Bertz CT molecular complexity index is 1070. The van der Waals surface area contributed by atoms with Crippen molar-refractivity contribution in [3.05, 3.63) is 47.0 Å². The van der Waals surface area contributed by atoms with E-state index in [1.165, 1.54) is 6.92 Å². The lowest BCUT2D eigenvalue weighted by Crippen LogP contribution is -2.77. The number of hydrogen-bond donors (Lipinski definition) is 5. The van der Waals surface area contributed by atoms with E-state index < -0.39 is 64.6 Å². The number of rotatable bonds is 5. The molecule has 9 nitrogen and oxygen atoms in total. The molecular weight excluding hydrogens is 480 g/mol. The van der Waals surface area contributed by atoms with E-state index in [9.17, 15) is 35.1 Å². The molecule has 1 aliphatic heterocycles. The maximum absolute atomic E-state index is 14.1. The number of esters is 1. The molecule has 3 aliphatic rings. The lowest BCUT2D eigenvalue weighted by molar-refractivity contribution is -0.328. The fourth-order valence-electron chi connectivity index (χ4n) is 6.82. The molecule has 2 saturated carbocycles. The first-order valence-electron chi connectivity index (χ1n) is 12.8. The minimum absolute atomic E-state index is 0.0139. The summed E-state index contributed by atoms with van der Waals surface area (Å²) in [6, 6.07) is 8.36. The molecule has 8 atom stereocenters. The van der Waals surface area contributed by atoms with Crippen LogP contribution in [0.5, 0.6) is 0 Å². The summed E-state index contributed by atoms with van der Waals surface area (Å²) in [7, 11) is 0. The van der Waals surface area contributed by atoms with Crippen LogP contribution in [-0.2, 0) is 14.3 Å². The number of aliphatic hydroxyl groups excluding tert-OH is 4. The van der Waals surface area contributed by atoms with Crippen molar-refractivity contribution in [2.24, 2.45) is 16.7 Å². The van der Waals surface area contributed by atoms with Gasteiger partial charge in [0.05, 0.1) is 35.9 Å². The van der Waals surface area contributed by atoms with E-state index in [0.29, 0.717) is 11.1 Å². The molecule has 3 fully saturated rings. The smallest absolute Gasteiger partial charge is 0.338 e. The monoisotopic (exact) mass is 518 g/mol. The quantitative estimate of drug-likeness (QED) is 0.285. The molecule has 1 aromatic carbocycles. The van der Waals surface area contributed by atoms with Gasteiger partial charge < -0.3 is 35.0 Å². The molecule has 5 N–H and O–H groups in total. The third kappa shape index (κ3) is 4.45. The topological polar surface area (TPSA) is 154 Å². The third-order valence-electron chi connectivity index (χ3n) is 8.85. The van der Waals surface area contributed by atoms with Gasteiger partial charge in [0.15, 0.2) is 5.78 Å². The Kier molecular flexibility index (Phi) is 7.44. The van der Waals surface area contributed by atoms with Gasteiger partial charge in [0.1, 0.15) is 17.8 Å². The predicted molar refractivity (Wildman–Crippen MR) is 132 cm³/mol. The minimum atomic E-state index is -1.68. The van der Waals surface area contributed by atoms with Crippen molar-refractivity contribution in [1.29, 1.82) is 0 Å². The molecule has 0 radical (unpaired) electrons. The summed E-state index contributed by atoms with van der Waals surface area (Å²) in [5.74, 6) is -2.41. The van der Waals surface area contributed by atoms with Crippen molar-refractivity contribution in [3.63, 3.8) is 0 Å². The average molecular weight is 519 g/mol. The molecule has 0 spiro atoms. The minimum Gasteiger partial charge on any atom is -0.458 e. The number of Topliss-reactive ketones (excluding diaryl/α,β-unsaturated/α-hetero) is 1. The van der Waals surface area contributed by atoms with Crippen molar-refractivity contribution in [2.75, 3.05) is 13.2 Å². The van der Waals surface area contributed by atoms with E-state index in [1.807, 2.05) is 0 Å². The molecule has 9 heteroatoms. The summed E-state index contributed by atoms with van der Waals surface area (Å²) in [6.45, 7) is 6.27. The molecule has 37 heavy (non-hydrogen) atoms. The molecule has 1 heterocycles. The van der Waals surface area contributed by atoms with Crippen molar-refractivity contribution < 1.29 is 44.6 Å². The summed E-state index contributed by atoms with van der Waals surface area (Å²) >= 11 is 0. The highest BCUT2D eigenvalue weighted by atomic mass is 16.6. The number of carbonyl (C=O) groups is 2. The highest BCUT2D eigenvalue weighted by Gasteiger charge is 2.71. The standard InChI is InChI=1S/C28H38O9/c1-15(17(30)10-11-29)21-22(32)24(33)27(4)19(31)12-20-28(35,14-36-20)23(27)18(13-26(21,2)3)37-25(34)16-8-6-5-7-9-16/h5-9,17-20,22-23,29-32,35H,10-14H2,1-4H3/b21-15-/t17?,18?,19?,20?,22?,23?,27-,28+/m1/s1. The van der Waals surface area contributed by atoms with Gasteiger partial charge in [-0.1, -0.05) is 32.0 Å². The zero-order valence-electron chi connectivity index (χ0n) is 21.8. The Hall–Kier alpha value is -2.14. The van der Waals surface area contributed by atoms with E-state index in [1.54, 1.807) is 51.1 Å². The molecule has 2 aliphatic carbocycles. The number of fused-ring (bicyclic) bond motifs is 3.